The Balaban J connectivity index is 2.15. The number of hydrogen-bond acceptors (Lipinski definition) is 3. The highest BCUT2D eigenvalue weighted by atomic mass is 16.3. The summed E-state index contributed by atoms with van der Waals surface area (Å²) in [6.45, 7) is 2.72. The number of piperidine rings is 1. The number of H-pyrrole nitrogens is 1. The van der Waals surface area contributed by atoms with Crippen molar-refractivity contribution in [2.24, 2.45) is 0 Å². The van der Waals surface area contributed by atoms with Gasteiger partial charge < -0.3 is 15.0 Å². The Morgan fingerprint density at radius 1 is 1.53 bits per heavy atom. The topological polar surface area (TPSA) is 73.4 Å². The molecule has 1 saturated heterocycles. The summed E-state index contributed by atoms with van der Waals surface area (Å²) < 4.78 is 0. The number of likely N-dealkylation sites (tertiary alicyclic amines) is 1. The summed E-state index contributed by atoms with van der Waals surface area (Å²) in [5.74, 6) is -0.152. The molecule has 1 aromatic rings. The lowest BCUT2D eigenvalue weighted by Gasteiger charge is -2.36. The van der Waals surface area contributed by atoms with Crippen LogP contribution >= 0.6 is 0 Å². The quantitative estimate of drug-likeness (QED) is 0.739. The smallest absolute Gasteiger partial charge is 0.255 e. The number of rotatable bonds is 1. The number of nitrogens with zero attached hydrogens (tertiary/aromatic N) is 1. The highest BCUT2D eigenvalue weighted by Crippen LogP contribution is 2.21. The fraction of sp³-hybridized carbons (Fsp3) is 0.500. The van der Waals surface area contributed by atoms with Crippen LogP contribution in [0.25, 0.3) is 0 Å². The van der Waals surface area contributed by atoms with Crippen molar-refractivity contribution in [3.63, 3.8) is 0 Å². The van der Waals surface area contributed by atoms with Crippen molar-refractivity contribution in [2.75, 3.05) is 13.1 Å². The van der Waals surface area contributed by atoms with Gasteiger partial charge in [0.2, 0.25) is 5.56 Å². The lowest BCUT2D eigenvalue weighted by atomic mass is 9.95. The molecule has 1 atom stereocenters. The predicted molar refractivity (Wildman–Crippen MR) is 62.8 cm³/mol. The minimum absolute atomic E-state index is 0.152. The molecule has 0 aromatic carbocycles. The van der Waals surface area contributed by atoms with E-state index >= 15 is 0 Å². The van der Waals surface area contributed by atoms with E-state index in [0.717, 1.165) is 6.42 Å². The number of β-amino-alcohol motifs (C(OH)–C–C–N with tert-alkyl or cyclic N) is 1. The summed E-state index contributed by atoms with van der Waals surface area (Å²) in [4.78, 5) is 27.1. The zero-order valence-electron chi connectivity index (χ0n) is 9.77. The number of carbonyl (C=O) groups is 1. The summed E-state index contributed by atoms with van der Waals surface area (Å²) in [7, 11) is 0. The molecule has 0 radical (unpaired) electrons. The number of carbonyl (C=O) groups excluding carboxylic acids is 1. The van der Waals surface area contributed by atoms with Gasteiger partial charge in [-0.05, 0) is 25.8 Å². The maximum absolute atomic E-state index is 12.1. The maximum Gasteiger partial charge on any atom is 0.255 e. The number of nitrogens with one attached hydrogen (secondary N) is 1. The van der Waals surface area contributed by atoms with Gasteiger partial charge in [0.1, 0.15) is 0 Å². The van der Waals surface area contributed by atoms with Crippen LogP contribution in [0.4, 0.5) is 0 Å². The van der Waals surface area contributed by atoms with Crippen LogP contribution in [0, 0.1) is 0 Å². The summed E-state index contributed by atoms with van der Waals surface area (Å²) in [5, 5.41) is 9.93. The molecular weight excluding hydrogens is 220 g/mol. The third-order valence-corrected chi connectivity index (χ3v) is 2.99. The lowest BCUT2D eigenvalue weighted by Crippen LogP contribution is -2.48. The fourth-order valence-corrected chi connectivity index (χ4v) is 2.12. The lowest BCUT2D eigenvalue weighted by molar-refractivity contribution is -0.0107. The van der Waals surface area contributed by atoms with Gasteiger partial charge in [0.05, 0.1) is 11.2 Å². The summed E-state index contributed by atoms with van der Waals surface area (Å²) in [5.41, 5.74) is -0.592. The van der Waals surface area contributed by atoms with Gasteiger partial charge in [0.25, 0.3) is 5.91 Å². The van der Waals surface area contributed by atoms with Crippen molar-refractivity contribution in [3.8, 4) is 0 Å². The molecule has 17 heavy (non-hydrogen) atoms. The number of pyridine rings is 1. The summed E-state index contributed by atoms with van der Waals surface area (Å²) in [6.07, 6.45) is 2.92. The number of aliphatic hydroxyl groups is 1. The highest BCUT2D eigenvalue weighted by molar-refractivity contribution is 5.94. The van der Waals surface area contributed by atoms with E-state index in [1.54, 1.807) is 11.8 Å². The van der Waals surface area contributed by atoms with Crippen molar-refractivity contribution in [1.82, 2.24) is 9.88 Å². The Morgan fingerprint density at radius 3 is 2.88 bits per heavy atom. The number of amides is 1. The minimum Gasteiger partial charge on any atom is -0.388 e. The molecule has 0 spiro atoms. The van der Waals surface area contributed by atoms with Gasteiger partial charge in [0.15, 0.2) is 0 Å². The normalized spacial score (nSPS) is 24.7. The second-order valence-electron chi connectivity index (χ2n) is 4.77. The maximum atomic E-state index is 12.1. The Hall–Kier alpha value is -1.62. The molecule has 1 aliphatic rings. The third-order valence-electron chi connectivity index (χ3n) is 2.99. The van der Waals surface area contributed by atoms with Gasteiger partial charge in [-0.1, -0.05) is 0 Å². The monoisotopic (exact) mass is 236 g/mol. The first-order valence-corrected chi connectivity index (χ1v) is 5.68. The SMILES string of the molecule is CC1(O)CCCN(C(=O)c2ccc(=O)[nH]c2)C1. The molecule has 0 saturated carbocycles. The molecule has 1 unspecified atom stereocenters. The zero-order valence-corrected chi connectivity index (χ0v) is 9.77. The Kier molecular flexibility index (Phi) is 3.02. The van der Waals surface area contributed by atoms with Crippen molar-refractivity contribution in [1.29, 1.82) is 0 Å². The summed E-state index contributed by atoms with van der Waals surface area (Å²) >= 11 is 0. The first kappa shape index (κ1) is 11.9. The molecule has 92 valence electrons. The molecule has 2 heterocycles. The molecular formula is C12H16N2O3. The van der Waals surface area contributed by atoms with E-state index in [4.69, 9.17) is 0 Å². The van der Waals surface area contributed by atoms with Gasteiger partial charge in [-0.25, -0.2) is 0 Å². The van der Waals surface area contributed by atoms with Crippen LogP contribution in [-0.4, -0.2) is 39.6 Å². The average molecular weight is 236 g/mol. The second-order valence-corrected chi connectivity index (χ2v) is 4.77. The van der Waals surface area contributed by atoms with Gasteiger partial charge in [-0.15, -0.1) is 0 Å². The molecule has 0 bridgehead atoms. The van der Waals surface area contributed by atoms with E-state index in [0.29, 0.717) is 25.1 Å². The summed E-state index contributed by atoms with van der Waals surface area (Å²) in [6, 6.07) is 2.83. The first-order chi connectivity index (χ1) is 7.98. The Labute approximate surface area is 99.1 Å². The van der Waals surface area contributed by atoms with Crippen LogP contribution in [-0.2, 0) is 0 Å². The second kappa shape index (κ2) is 4.33. The van der Waals surface area contributed by atoms with Crippen LogP contribution in [0.2, 0.25) is 0 Å². The van der Waals surface area contributed by atoms with Gasteiger partial charge in [-0.3, -0.25) is 9.59 Å². The molecule has 1 aromatic heterocycles. The molecule has 5 heteroatoms. The van der Waals surface area contributed by atoms with Gasteiger partial charge in [0, 0.05) is 25.4 Å². The van der Waals surface area contributed by atoms with E-state index in [-0.39, 0.29) is 11.5 Å². The van der Waals surface area contributed by atoms with Gasteiger partial charge >= 0.3 is 0 Å². The third kappa shape index (κ3) is 2.74. The van der Waals surface area contributed by atoms with Crippen molar-refractivity contribution >= 4 is 5.91 Å². The van der Waals surface area contributed by atoms with Crippen LogP contribution in [0.5, 0.6) is 0 Å². The predicted octanol–water partition coefficient (Wildman–Crippen LogP) is 0.362. The van der Waals surface area contributed by atoms with Crippen molar-refractivity contribution in [2.45, 2.75) is 25.4 Å². The highest BCUT2D eigenvalue weighted by Gasteiger charge is 2.31. The standard InChI is InChI=1S/C12H16N2O3/c1-12(17)5-2-6-14(8-12)11(16)9-3-4-10(15)13-7-9/h3-4,7,17H,2,5-6,8H2,1H3,(H,13,15). The van der Waals surface area contributed by atoms with Crippen molar-refractivity contribution in [3.05, 3.63) is 34.2 Å². The largest absolute Gasteiger partial charge is 0.388 e. The number of aromatic amines is 1. The van der Waals surface area contributed by atoms with Crippen LogP contribution in [0.15, 0.2) is 23.1 Å². The molecule has 1 amide bonds. The van der Waals surface area contributed by atoms with E-state index in [1.807, 2.05) is 0 Å². The van der Waals surface area contributed by atoms with Crippen LogP contribution < -0.4 is 5.56 Å². The average Bonchev–Trinajstić information content (AvgIpc) is 2.28. The Morgan fingerprint density at radius 2 is 2.29 bits per heavy atom. The molecule has 2 N–H and O–H groups in total. The zero-order chi connectivity index (χ0) is 12.5. The number of aromatic nitrogens is 1. The minimum atomic E-state index is -0.809. The van der Waals surface area contributed by atoms with Crippen molar-refractivity contribution < 1.29 is 9.90 Å². The van der Waals surface area contributed by atoms with E-state index in [9.17, 15) is 14.7 Å². The Bertz CT molecular complexity index is 458. The van der Waals surface area contributed by atoms with Gasteiger partial charge in [-0.2, -0.15) is 0 Å². The van der Waals surface area contributed by atoms with E-state index in [1.165, 1.54) is 18.3 Å². The molecule has 1 aliphatic heterocycles. The first-order valence-electron chi connectivity index (χ1n) is 5.68. The van der Waals surface area contributed by atoms with Crippen LogP contribution in [0.1, 0.15) is 30.1 Å². The van der Waals surface area contributed by atoms with Crippen LogP contribution in [0.3, 0.4) is 0 Å². The fourth-order valence-electron chi connectivity index (χ4n) is 2.12. The number of hydrogen-bond donors (Lipinski definition) is 2. The molecule has 2 rings (SSSR count). The van der Waals surface area contributed by atoms with E-state index < -0.39 is 5.60 Å². The van der Waals surface area contributed by atoms with E-state index in [2.05, 4.69) is 4.98 Å². The molecule has 1 fully saturated rings. The molecule has 5 nitrogen and oxygen atoms in total. The molecule has 0 aliphatic carbocycles.